The van der Waals surface area contributed by atoms with Crippen LogP contribution in [-0.2, 0) is 4.79 Å². The second kappa shape index (κ2) is 6.76. The fourth-order valence-corrected chi connectivity index (χ4v) is 2.15. The van der Waals surface area contributed by atoms with Crippen molar-refractivity contribution in [3.05, 3.63) is 34.6 Å². The summed E-state index contributed by atoms with van der Waals surface area (Å²) in [5.41, 5.74) is -4.27. The van der Waals surface area contributed by atoms with Crippen molar-refractivity contribution < 1.29 is 37.3 Å². The van der Waals surface area contributed by atoms with Gasteiger partial charge in [0, 0.05) is 12.0 Å². The highest BCUT2D eigenvalue weighted by Crippen LogP contribution is 2.42. The van der Waals surface area contributed by atoms with Crippen molar-refractivity contribution in [1.29, 1.82) is 0 Å². The van der Waals surface area contributed by atoms with Crippen LogP contribution in [0.15, 0.2) is 18.2 Å². The summed E-state index contributed by atoms with van der Waals surface area (Å²) in [6.45, 7) is 1.34. The van der Waals surface area contributed by atoms with Crippen LogP contribution in [0.1, 0.15) is 18.9 Å². The van der Waals surface area contributed by atoms with Crippen molar-refractivity contribution >= 4 is 23.1 Å². The van der Waals surface area contributed by atoms with Gasteiger partial charge in [-0.3, -0.25) is 0 Å². The minimum absolute atomic E-state index is 0.0506. The molecule has 4 nitrogen and oxygen atoms in total. The van der Waals surface area contributed by atoms with Gasteiger partial charge < -0.3 is 14.9 Å². The number of halogens is 5. The lowest BCUT2D eigenvalue weighted by Crippen LogP contribution is -2.52. The molecule has 0 fully saturated rings. The molecule has 1 rings (SSSR count). The summed E-state index contributed by atoms with van der Waals surface area (Å²) >= 11 is 5.69. The minimum atomic E-state index is -5.41. The number of carboxylic acid groups (broad SMARTS) is 1. The summed E-state index contributed by atoms with van der Waals surface area (Å²) in [5.74, 6) is -3.56. The molecule has 1 atom stereocenters. The summed E-state index contributed by atoms with van der Waals surface area (Å²) in [6, 6.07) is 1.99. The third-order valence-corrected chi connectivity index (χ3v) is 3.57. The molecule has 0 radical (unpaired) electrons. The predicted molar refractivity (Wildman–Crippen MR) is 74.9 cm³/mol. The Labute approximate surface area is 133 Å². The number of hydrogen-bond acceptors (Lipinski definition) is 3. The smallest absolute Gasteiger partial charge is 0.428 e. The third kappa shape index (κ3) is 3.59. The Kier molecular flexibility index (Phi) is 5.65. The van der Waals surface area contributed by atoms with E-state index in [1.165, 1.54) is 6.92 Å². The zero-order valence-electron chi connectivity index (χ0n) is 12.0. The molecule has 128 valence electrons. The molecule has 0 aliphatic heterocycles. The fourth-order valence-electron chi connectivity index (χ4n) is 1.91. The number of aliphatic carboxylic acids is 1. The Morgan fingerprint density at radius 1 is 1.39 bits per heavy atom. The van der Waals surface area contributed by atoms with Crippen molar-refractivity contribution in [3.63, 3.8) is 0 Å². The van der Waals surface area contributed by atoms with Crippen LogP contribution in [0.4, 0.5) is 17.6 Å². The van der Waals surface area contributed by atoms with Crippen LogP contribution in [-0.4, -0.2) is 35.1 Å². The van der Waals surface area contributed by atoms with E-state index in [9.17, 15) is 27.5 Å². The number of hydrogen-bond donors (Lipinski definition) is 2. The van der Waals surface area contributed by atoms with E-state index in [2.05, 4.69) is 0 Å². The quantitative estimate of drug-likeness (QED) is 0.790. The first-order valence-electron chi connectivity index (χ1n) is 6.19. The topological polar surface area (TPSA) is 66.8 Å². The van der Waals surface area contributed by atoms with Crippen LogP contribution in [0.25, 0.3) is 5.57 Å². The number of ether oxygens (including phenoxy) is 1. The number of alkyl halides is 3. The van der Waals surface area contributed by atoms with Crippen LogP contribution >= 0.6 is 11.6 Å². The third-order valence-electron chi connectivity index (χ3n) is 3.22. The lowest BCUT2D eigenvalue weighted by Gasteiger charge is -2.27. The van der Waals surface area contributed by atoms with E-state index >= 15 is 0 Å². The van der Waals surface area contributed by atoms with Crippen LogP contribution in [0.3, 0.4) is 0 Å². The zero-order chi connectivity index (χ0) is 18.0. The highest BCUT2D eigenvalue weighted by atomic mass is 35.5. The van der Waals surface area contributed by atoms with Crippen molar-refractivity contribution in [2.45, 2.75) is 25.1 Å². The maximum atomic E-state index is 13.4. The molecule has 1 aromatic carbocycles. The lowest BCUT2D eigenvalue weighted by molar-refractivity contribution is -0.258. The van der Waals surface area contributed by atoms with Gasteiger partial charge in [0.15, 0.2) is 0 Å². The molecule has 9 heteroatoms. The summed E-state index contributed by atoms with van der Waals surface area (Å²) in [7, 11) is 1.13. The molecule has 0 spiro atoms. The van der Waals surface area contributed by atoms with E-state index in [-0.39, 0.29) is 16.9 Å². The van der Waals surface area contributed by atoms with E-state index in [4.69, 9.17) is 21.4 Å². The Bertz CT molecular complexity index is 642. The molecule has 0 aromatic heterocycles. The number of benzene rings is 1. The fraction of sp³-hybridized carbons (Fsp3) is 0.357. The van der Waals surface area contributed by atoms with Gasteiger partial charge in [0.25, 0.3) is 5.60 Å². The van der Waals surface area contributed by atoms with Gasteiger partial charge in [-0.25, -0.2) is 9.18 Å². The molecule has 23 heavy (non-hydrogen) atoms. The number of carboxylic acids is 1. The highest BCUT2D eigenvalue weighted by molar-refractivity contribution is 6.32. The molecular weight excluding hydrogens is 344 g/mol. The van der Waals surface area contributed by atoms with Crippen molar-refractivity contribution in [2.24, 2.45) is 0 Å². The number of rotatable bonds is 5. The molecule has 0 saturated heterocycles. The molecular formula is C14H13ClF4O4. The standard InChI is InChI=1S/C14H13ClF4O4/c1-3-7(6-13(22,12(20)21)14(17,18)19)8-4-5-9(16)10(15)11(8)23-2/h3-5,22H,6H2,1-2H3,(H,20,21)/t13-/m1/s1. The van der Waals surface area contributed by atoms with Gasteiger partial charge in [-0.15, -0.1) is 0 Å². The average Bonchev–Trinajstić information content (AvgIpc) is 2.46. The van der Waals surface area contributed by atoms with E-state index < -0.39 is 35.0 Å². The second-order valence-corrected chi connectivity index (χ2v) is 4.97. The molecule has 0 aliphatic rings. The minimum Gasteiger partial charge on any atom is -0.494 e. The van der Waals surface area contributed by atoms with E-state index in [1.807, 2.05) is 0 Å². The molecule has 0 saturated carbocycles. The molecule has 0 bridgehead atoms. The highest BCUT2D eigenvalue weighted by Gasteiger charge is 2.60. The molecule has 2 N–H and O–H groups in total. The molecule has 0 amide bonds. The normalized spacial score (nSPS) is 15.2. The SMILES string of the molecule is CC=C(C[C@@](O)(C(=O)O)C(F)(F)F)c1ccc(F)c(Cl)c1OC. The van der Waals surface area contributed by atoms with Crippen LogP contribution in [0.2, 0.25) is 5.02 Å². The molecule has 0 unspecified atom stereocenters. The van der Waals surface area contributed by atoms with E-state index in [0.717, 1.165) is 25.3 Å². The Morgan fingerprint density at radius 2 is 1.96 bits per heavy atom. The summed E-state index contributed by atoms with van der Waals surface area (Å²) in [5, 5.41) is 17.9. The maximum Gasteiger partial charge on any atom is 0.428 e. The monoisotopic (exact) mass is 356 g/mol. The number of methoxy groups -OCH3 is 1. The van der Waals surface area contributed by atoms with E-state index in [1.54, 1.807) is 0 Å². The van der Waals surface area contributed by atoms with Gasteiger partial charge in [0.05, 0.1) is 7.11 Å². The second-order valence-electron chi connectivity index (χ2n) is 4.60. The predicted octanol–water partition coefficient (Wildman–Crippen LogP) is 3.66. The molecule has 0 heterocycles. The number of carbonyl (C=O) groups is 1. The lowest BCUT2D eigenvalue weighted by atomic mass is 9.89. The van der Waals surface area contributed by atoms with Gasteiger partial charge in [-0.1, -0.05) is 17.7 Å². The Hall–Kier alpha value is -1.80. The Morgan fingerprint density at radius 3 is 2.35 bits per heavy atom. The molecule has 0 aliphatic carbocycles. The van der Waals surface area contributed by atoms with Gasteiger partial charge in [-0.2, -0.15) is 13.2 Å². The van der Waals surface area contributed by atoms with Crippen molar-refractivity contribution in [1.82, 2.24) is 0 Å². The first kappa shape index (κ1) is 19.2. The summed E-state index contributed by atoms with van der Waals surface area (Å²) < 4.78 is 57.0. The van der Waals surface area contributed by atoms with Gasteiger partial charge in [0.2, 0.25) is 0 Å². The van der Waals surface area contributed by atoms with Crippen molar-refractivity contribution in [3.8, 4) is 5.75 Å². The summed E-state index contributed by atoms with van der Waals surface area (Å²) in [4.78, 5) is 10.9. The Balaban J connectivity index is 3.42. The van der Waals surface area contributed by atoms with Gasteiger partial charge >= 0.3 is 12.1 Å². The van der Waals surface area contributed by atoms with Crippen LogP contribution in [0.5, 0.6) is 5.75 Å². The number of allylic oxidation sites excluding steroid dienone is 1. The summed E-state index contributed by atoms with van der Waals surface area (Å²) in [6.07, 6.45) is -5.55. The average molecular weight is 357 g/mol. The number of aliphatic hydroxyl groups is 1. The molecule has 1 aromatic rings. The zero-order valence-corrected chi connectivity index (χ0v) is 12.8. The first-order valence-corrected chi connectivity index (χ1v) is 6.57. The largest absolute Gasteiger partial charge is 0.494 e. The van der Waals surface area contributed by atoms with Crippen molar-refractivity contribution in [2.75, 3.05) is 7.11 Å². The van der Waals surface area contributed by atoms with Crippen LogP contribution in [0, 0.1) is 5.82 Å². The van der Waals surface area contributed by atoms with E-state index in [0.29, 0.717) is 0 Å². The van der Waals surface area contributed by atoms with Crippen LogP contribution < -0.4 is 4.74 Å². The maximum absolute atomic E-state index is 13.4. The van der Waals surface area contributed by atoms with Gasteiger partial charge in [0.1, 0.15) is 16.6 Å². The first-order chi connectivity index (χ1) is 10.5. The van der Waals surface area contributed by atoms with Gasteiger partial charge in [-0.05, 0) is 24.6 Å².